The zero-order valence-corrected chi connectivity index (χ0v) is 15.2. The van der Waals surface area contributed by atoms with Gasteiger partial charge in [-0.1, -0.05) is 18.2 Å². The van der Waals surface area contributed by atoms with Crippen LogP contribution in [0, 0.1) is 6.92 Å². The highest BCUT2D eigenvalue weighted by Crippen LogP contribution is 2.17. The lowest BCUT2D eigenvalue weighted by Gasteiger charge is -2.24. The number of amides is 1. The number of ether oxygens (including phenoxy) is 1. The van der Waals surface area contributed by atoms with Crippen molar-refractivity contribution in [1.29, 1.82) is 0 Å². The van der Waals surface area contributed by atoms with Crippen LogP contribution in [0.15, 0.2) is 48.7 Å². The van der Waals surface area contributed by atoms with E-state index in [1.165, 1.54) is 0 Å². The Morgan fingerprint density at radius 2 is 2.00 bits per heavy atom. The van der Waals surface area contributed by atoms with Gasteiger partial charge in [-0.15, -0.1) is 0 Å². The Kier molecular flexibility index (Phi) is 4.95. The van der Waals surface area contributed by atoms with Crippen molar-refractivity contribution in [2.24, 2.45) is 0 Å². The first-order chi connectivity index (χ1) is 12.4. The van der Waals surface area contributed by atoms with Gasteiger partial charge < -0.3 is 15.2 Å². The summed E-state index contributed by atoms with van der Waals surface area (Å²) in [5.74, 6) is 0.515. The molecule has 0 aliphatic heterocycles. The number of aryl methyl sites for hydroxylation is 1. The summed E-state index contributed by atoms with van der Waals surface area (Å²) in [7, 11) is 1.61. The minimum Gasteiger partial charge on any atom is -0.497 e. The highest BCUT2D eigenvalue weighted by atomic mass is 16.5. The fraction of sp³-hybridized carbons (Fsp3) is 0.300. The molecule has 0 fully saturated rings. The first-order valence-electron chi connectivity index (χ1n) is 8.47. The zero-order chi connectivity index (χ0) is 18.7. The minimum atomic E-state index is -1.07. The van der Waals surface area contributed by atoms with Crippen LogP contribution in [0.1, 0.15) is 28.7 Å². The molecular formula is C20H23N3O3. The minimum absolute atomic E-state index is 0.136. The smallest absolute Gasteiger partial charge is 0.270 e. The predicted octanol–water partition coefficient (Wildman–Crippen LogP) is 2.37. The molecule has 0 unspecified atom stereocenters. The van der Waals surface area contributed by atoms with Gasteiger partial charge in [0.2, 0.25) is 0 Å². The van der Waals surface area contributed by atoms with Crippen LogP contribution in [0.4, 0.5) is 0 Å². The largest absolute Gasteiger partial charge is 0.497 e. The van der Waals surface area contributed by atoms with E-state index in [1.54, 1.807) is 31.6 Å². The zero-order valence-electron chi connectivity index (χ0n) is 15.2. The lowest BCUT2D eigenvalue weighted by molar-refractivity contribution is 0.0550. The van der Waals surface area contributed by atoms with Crippen molar-refractivity contribution in [2.45, 2.75) is 25.9 Å². The van der Waals surface area contributed by atoms with E-state index in [-0.39, 0.29) is 12.5 Å². The van der Waals surface area contributed by atoms with Gasteiger partial charge in [0.25, 0.3) is 5.91 Å². The van der Waals surface area contributed by atoms with Crippen molar-refractivity contribution in [1.82, 2.24) is 14.7 Å². The summed E-state index contributed by atoms with van der Waals surface area (Å²) in [5, 5.41) is 13.5. The third-order valence-corrected chi connectivity index (χ3v) is 4.29. The number of benzene rings is 1. The Morgan fingerprint density at radius 1 is 1.27 bits per heavy atom. The van der Waals surface area contributed by atoms with E-state index in [9.17, 15) is 9.90 Å². The number of nitrogens with zero attached hydrogens (tertiary/aromatic N) is 2. The van der Waals surface area contributed by atoms with Crippen LogP contribution < -0.4 is 10.1 Å². The molecule has 2 heterocycles. The molecule has 0 spiro atoms. The van der Waals surface area contributed by atoms with Crippen LogP contribution >= 0.6 is 0 Å². The first-order valence-corrected chi connectivity index (χ1v) is 8.47. The summed E-state index contributed by atoms with van der Waals surface area (Å²) in [6.45, 7) is 3.65. The van der Waals surface area contributed by atoms with Crippen molar-refractivity contribution in [3.05, 3.63) is 65.6 Å². The van der Waals surface area contributed by atoms with E-state index in [1.807, 2.05) is 42.5 Å². The number of methoxy groups -OCH3 is 1. The molecule has 3 rings (SSSR count). The molecule has 6 heteroatoms. The van der Waals surface area contributed by atoms with Crippen LogP contribution in [-0.2, 0) is 6.42 Å². The molecule has 0 saturated carbocycles. The molecule has 0 aliphatic rings. The lowest BCUT2D eigenvalue weighted by atomic mass is 9.96. The second-order valence-electron chi connectivity index (χ2n) is 6.68. The van der Waals surface area contributed by atoms with Gasteiger partial charge in [-0.05, 0) is 43.7 Å². The van der Waals surface area contributed by atoms with Gasteiger partial charge in [-0.25, -0.2) is 4.98 Å². The third kappa shape index (κ3) is 3.86. The Labute approximate surface area is 152 Å². The summed E-state index contributed by atoms with van der Waals surface area (Å²) < 4.78 is 6.89. The molecule has 2 N–H and O–H groups in total. The Bertz CT molecular complexity index is 914. The van der Waals surface area contributed by atoms with E-state index in [2.05, 4.69) is 10.3 Å². The van der Waals surface area contributed by atoms with E-state index in [0.29, 0.717) is 17.8 Å². The normalized spacial score (nSPS) is 13.4. The molecule has 0 radical (unpaired) electrons. The van der Waals surface area contributed by atoms with Crippen LogP contribution in [-0.4, -0.2) is 39.7 Å². The monoisotopic (exact) mass is 353 g/mol. The number of aromatic nitrogens is 2. The van der Waals surface area contributed by atoms with E-state index < -0.39 is 5.60 Å². The first kappa shape index (κ1) is 17.9. The SMILES string of the molecule is COc1ccc(C[C@@](C)(O)CNC(=O)c2c(C)nc3ccccn23)cc1. The Morgan fingerprint density at radius 3 is 2.69 bits per heavy atom. The van der Waals surface area contributed by atoms with Crippen molar-refractivity contribution >= 4 is 11.6 Å². The lowest BCUT2D eigenvalue weighted by Crippen LogP contribution is -2.42. The molecule has 0 aliphatic carbocycles. The van der Waals surface area contributed by atoms with Crippen LogP contribution in [0.5, 0.6) is 5.75 Å². The van der Waals surface area contributed by atoms with Gasteiger partial charge in [0.15, 0.2) is 0 Å². The molecule has 1 aromatic carbocycles. The number of carbonyl (C=O) groups excluding carboxylic acids is 1. The highest BCUT2D eigenvalue weighted by Gasteiger charge is 2.24. The summed E-state index contributed by atoms with van der Waals surface area (Å²) in [5.41, 5.74) is 1.76. The van der Waals surface area contributed by atoms with Crippen LogP contribution in [0.25, 0.3) is 5.65 Å². The Balaban J connectivity index is 1.68. The summed E-state index contributed by atoms with van der Waals surface area (Å²) in [4.78, 5) is 17.0. The number of pyridine rings is 1. The number of hydrogen-bond donors (Lipinski definition) is 2. The van der Waals surface area contributed by atoms with Crippen LogP contribution in [0.2, 0.25) is 0 Å². The fourth-order valence-electron chi connectivity index (χ4n) is 2.99. The molecule has 26 heavy (non-hydrogen) atoms. The summed E-state index contributed by atoms with van der Waals surface area (Å²) >= 11 is 0. The number of aliphatic hydroxyl groups is 1. The average Bonchev–Trinajstić information content (AvgIpc) is 2.96. The van der Waals surface area contributed by atoms with E-state index in [4.69, 9.17) is 4.74 Å². The van der Waals surface area contributed by atoms with E-state index >= 15 is 0 Å². The maximum atomic E-state index is 12.6. The van der Waals surface area contributed by atoms with Crippen LogP contribution in [0.3, 0.4) is 0 Å². The van der Waals surface area contributed by atoms with Gasteiger partial charge in [-0.3, -0.25) is 9.20 Å². The number of rotatable bonds is 6. The predicted molar refractivity (Wildman–Crippen MR) is 99.6 cm³/mol. The van der Waals surface area contributed by atoms with Gasteiger partial charge in [0.1, 0.15) is 17.1 Å². The summed E-state index contributed by atoms with van der Waals surface area (Å²) in [6.07, 6.45) is 2.23. The van der Waals surface area contributed by atoms with Crippen molar-refractivity contribution < 1.29 is 14.6 Å². The average molecular weight is 353 g/mol. The van der Waals surface area contributed by atoms with Crippen molar-refractivity contribution in [3.63, 3.8) is 0 Å². The molecule has 136 valence electrons. The van der Waals surface area contributed by atoms with Gasteiger partial charge in [0, 0.05) is 19.2 Å². The molecule has 3 aromatic rings. The number of imidazole rings is 1. The maximum absolute atomic E-state index is 12.6. The Hall–Kier alpha value is -2.86. The van der Waals surface area contributed by atoms with Crippen molar-refractivity contribution in [2.75, 3.05) is 13.7 Å². The van der Waals surface area contributed by atoms with Gasteiger partial charge in [0.05, 0.1) is 18.4 Å². The number of nitrogens with one attached hydrogen (secondary N) is 1. The number of fused-ring (bicyclic) bond motifs is 1. The molecular weight excluding hydrogens is 330 g/mol. The number of hydrogen-bond acceptors (Lipinski definition) is 4. The molecule has 1 amide bonds. The highest BCUT2D eigenvalue weighted by molar-refractivity contribution is 5.94. The standard InChI is InChI=1S/C20H23N3O3/c1-14-18(23-11-5-4-6-17(23)22-14)19(24)21-13-20(2,25)12-15-7-9-16(26-3)10-8-15/h4-11,25H,12-13H2,1-3H3,(H,21,24)/t20-/m1/s1. The quantitative estimate of drug-likeness (QED) is 0.713. The number of carbonyl (C=O) groups is 1. The topological polar surface area (TPSA) is 75.9 Å². The summed E-state index contributed by atoms with van der Waals surface area (Å²) in [6, 6.07) is 13.1. The second-order valence-corrected chi connectivity index (χ2v) is 6.68. The van der Waals surface area contributed by atoms with E-state index in [0.717, 1.165) is 17.0 Å². The molecule has 2 aromatic heterocycles. The molecule has 6 nitrogen and oxygen atoms in total. The van der Waals surface area contributed by atoms with Gasteiger partial charge >= 0.3 is 0 Å². The molecule has 0 saturated heterocycles. The van der Waals surface area contributed by atoms with Gasteiger partial charge in [-0.2, -0.15) is 0 Å². The molecule has 1 atom stereocenters. The van der Waals surface area contributed by atoms with Crippen molar-refractivity contribution in [3.8, 4) is 5.75 Å². The fourth-order valence-corrected chi connectivity index (χ4v) is 2.99. The third-order valence-electron chi connectivity index (χ3n) is 4.29. The maximum Gasteiger partial charge on any atom is 0.270 e. The second kappa shape index (κ2) is 7.17. The molecule has 0 bridgehead atoms.